The lowest BCUT2D eigenvalue weighted by atomic mass is 9.85. The predicted octanol–water partition coefficient (Wildman–Crippen LogP) is 3.90. The summed E-state index contributed by atoms with van der Waals surface area (Å²) >= 11 is 0. The van der Waals surface area contributed by atoms with Crippen molar-refractivity contribution in [2.45, 2.75) is 31.5 Å². The highest BCUT2D eigenvalue weighted by atomic mass is 19.4. The fourth-order valence-corrected chi connectivity index (χ4v) is 3.64. The first-order valence-corrected chi connectivity index (χ1v) is 9.77. The van der Waals surface area contributed by atoms with Gasteiger partial charge in [-0.1, -0.05) is 24.3 Å². The van der Waals surface area contributed by atoms with E-state index in [0.29, 0.717) is 17.3 Å². The number of carbonyl (C=O) groups is 2. The number of fused-ring (bicyclic) bond motifs is 1. The SMILES string of the molecule is COC[C@@H](NC(=O)c1cnc2c(C3=CCC(C(F)(F)F)CC3)cccc2c1)C(=O)OC. The van der Waals surface area contributed by atoms with Gasteiger partial charge in [-0.25, -0.2) is 4.79 Å². The molecule has 1 aromatic carbocycles. The van der Waals surface area contributed by atoms with Crippen molar-refractivity contribution in [1.29, 1.82) is 0 Å². The third-order valence-electron chi connectivity index (χ3n) is 5.32. The van der Waals surface area contributed by atoms with Gasteiger partial charge in [0.2, 0.25) is 0 Å². The Morgan fingerprint density at radius 3 is 2.68 bits per heavy atom. The molecule has 0 saturated carbocycles. The van der Waals surface area contributed by atoms with Crippen molar-refractivity contribution in [1.82, 2.24) is 10.3 Å². The quantitative estimate of drug-likeness (QED) is 0.695. The summed E-state index contributed by atoms with van der Waals surface area (Å²) in [6.45, 7) is -0.0450. The number of benzene rings is 1. The van der Waals surface area contributed by atoms with E-state index < -0.39 is 30.0 Å². The Morgan fingerprint density at radius 2 is 2.06 bits per heavy atom. The number of nitrogens with one attached hydrogen (secondary N) is 1. The van der Waals surface area contributed by atoms with Gasteiger partial charge in [0.15, 0.2) is 6.04 Å². The second kappa shape index (κ2) is 9.47. The highest BCUT2D eigenvalue weighted by molar-refractivity contribution is 6.00. The number of ether oxygens (including phenoxy) is 2. The van der Waals surface area contributed by atoms with Gasteiger partial charge in [0, 0.05) is 24.3 Å². The van der Waals surface area contributed by atoms with Gasteiger partial charge in [-0.15, -0.1) is 0 Å². The van der Waals surface area contributed by atoms with E-state index in [4.69, 9.17) is 4.74 Å². The van der Waals surface area contributed by atoms with Crippen LogP contribution in [0.3, 0.4) is 0 Å². The summed E-state index contributed by atoms with van der Waals surface area (Å²) in [6.07, 6.45) is -0.878. The van der Waals surface area contributed by atoms with Crippen LogP contribution < -0.4 is 5.32 Å². The van der Waals surface area contributed by atoms with Crippen LogP contribution >= 0.6 is 0 Å². The molecular formula is C22H23F3N2O4. The first-order chi connectivity index (χ1) is 14.7. The Kier molecular flexibility index (Phi) is 6.94. The molecule has 2 aromatic rings. The number of hydrogen-bond donors (Lipinski definition) is 1. The zero-order chi connectivity index (χ0) is 22.6. The zero-order valence-corrected chi connectivity index (χ0v) is 17.2. The minimum absolute atomic E-state index is 0.0423. The van der Waals surface area contributed by atoms with Gasteiger partial charge in [0.25, 0.3) is 5.91 Å². The van der Waals surface area contributed by atoms with Crippen molar-refractivity contribution >= 4 is 28.4 Å². The number of nitrogens with zero attached hydrogens (tertiary/aromatic N) is 1. The van der Waals surface area contributed by atoms with E-state index >= 15 is 0 Å². The molecule has 6 nitrogen and oxygen atoms in total. The minimum Gasteiger partial charge on any atom is -0.467 e. The van der Waals surface area contributed by atoms with Crippen molar-refractivity contribution in [3.8, 4) is 0 Å². The highest BCUT2D eigenvalue weighted by Crippen LogP contribution is 2.40. The molecule has 1 N–H and O–H groups in total. The monoisotopic (exact) mass is 436 g/mol. The normalized spacial score (nSPS) is 17.7. The smallest absolute Gasteiger partial charge is 0.392 e. The Morgan fingerprint density at radius 1 is 1.29 bits per heavy atom. The maximum Gasteiger partial charge on any atom is 0.392 e. The molecule has 2 atom stereocenters. The number of amides is 1. The molecule has 0 fully saturated rings. The van der Waals surface area contributed by atoms with Crippen LogP contribution in [0.25, 0.3) is 16.5 Å². The first kappa shape index (κ1) is 22.7. The number of allylic oxidation sites excluding steroid dienone is 2. The van der Waals surface area contributed by atoms with Crippen molar-refractivity contribution in [2.75, 3.05) is 20.8 Å². The van der Waals surface area contributed by atoms with Crippen molar-refractivity contribution in [2.24, 2.45) is 5.92 Å². The van der Waals surface area contributed by atoms with E-state index in [1.54, 1.807) is 24.3 Å². The number of methoxy groups -OCH3 is 2. The maximum atomic E-state index is 12.9. The third-order valence-corrected chi connectivity index (χ3v) is 5.32. The molecule has 1 aromatic heterocycles. The zero-order valence-electron chi connectivity index (χ0n) is 17.2. The second-order valence-electron chi connectivity index (χ2n) is 7.35. The molecule has 31 heavy (non-hydrogen) atoms. The fraction of sp³-hybridized carbons (Fsp3) is 0.409. The molecule has 1 amide bonds. The van der Waals surface area contributed by atoms with E-state index in [1.165, 1.54) is 20.4 Å². The number of rotatable bonds is 6. The van der Waals surface area contributed by atoms with Gasteiger partial charge in [0.05, 0.1) is 30.7 Å². The number of alkyl halides is 3. The molecule has 0 saturated heterocycles. The Balaban J connectivity index is 1.84. The molecule has 1 unspecified atom stereocenters. The lowest BCUT2D eigenvalue weighted by Gasteiger charge is -2.24. The number of esters is 1. The molecule has 1 heterocycles. The van der Waals surface area contributed by atoms with Gasteiger partial charge in [0.1, 0.15) is 0 Å². The lowest BCUT2D eigenvalue weighted by Crippen LogP contribution is -2.44. The van der Waals surface area contributed by atoms with Gasteiger partial charge in [-0.3, -0.25) is 9.78 Å². The molecule has 0 bridgehead atoms. The van der Waals surface area contributed by atoms with Gasteiger partial charge in [-0.05, 0) is 30.9 Å². The summed E-state index contributed by atoms with van der Waals surface area (Å²) < 4.78 is 48.4. The number of aromatic nitrogens is 1. The number of para-hydroxylation sites is 1. The number of halogens is 3. The fourth-order valence-electron chi connectivity index (χ4n) is 3.64. The van der Waals surface area contributed by atoms with E-state index in [-0.39, 0.29) is 25.0 Å². The summed E-state index contributed by atoms with van der Waals surface area (Å²) in [5.41, 5.74) is 2.43. The Bertz CT molecular complexity index is 1000. The van der Waals surface area contributed by atoms with Crippen molar-refractivity contribution < 1.29 is 32.2 Å². The van der Waals surface area contributed by atoms with Crippen molar-refractivity contribution in [3.05, 3.63) is 47.7 Å². The number of hydrogen-bond acceptors (Lipinski definition) is 5. The van der Waals surface area contributed by atoms with Crippen molar-refractivity contribution in [3.63, 3.8) is 0 Å². The summed E-state index contributed by atoms with van der Waals surface area (Å²) in [5, 5.41) is 3.22. The topological polar surface area (TPSA) is 77.5 Å². The average Bonchev–Trinajstić information content (AvgIpc) is 2.76. The van der Waals surface area contributed by atoms with Gasteiger partial charge in [-0.2, -0.15) is 13.2 Å². The van der Waals surface area contributed by atoms with Crippen LogP contribution in [-0.2, 0) is 14.3 Å². The Labute approximate surface area is 177 Å². The molecule has 1 aliphatic rings. The molecule has 0 radical (unpaired) electrons. The molecule has 1 aliphatic carbocycles. The highest BCUT2D eigenvalue weighted by Gasteiger charge is 2.39. The third kappa shape index (κ3) is 5.22. The van der Waals surface area contributed by atoms with E-state index in [2.05, 4.69) is 15.0 Å². The van der Waals surface area contributed by atoms with Crippen LogP contribution in [-0.4, -0.2) is 49.9 Å². The molecule has 0 aliphatic heterocycles. The summed E-state index contributed by atoms with van der Waals surface area (Å²) in [5.74, 6) is -2.46. The largest absolute Gasteiger partial charge is 0.467 e. The maximum absolute atomic E-state index is 12.9. The summed E-state index contributed by atoms with van der Waals surface area (Å²) in [4.78, 5) is 28.7. The van der Waals surface area contributed by atoms with E-state index in [0.717, 1.165) is 11.1 Å². The average molecular weight is 436 g/mol. The molecular weight excluding hydrogens is 413 g/mol. The van der Waals surface area contributed by atoms with E-state index in [9.17, 15) is 22.8 Å². The van der Waals surface area contributed by atoms with Crippen LogP contribution in [0.2, 0.25) is 0 Å². The molecule has 166 valence electrons. The van der Waals surface area contributed by atoms with Crippen LogP contribution in [0.5, 0.6) is 0 Å². The predicted molar refractivity (Wildman–Crippen MR) is 108 cm³/mol. The summed E-state index contributed by atoms with van der Waals surface area (Å²) in [7, 11) is 2.62. The lowest BCUT2D eigenvalue weighted by molar-refractivity contribution is -0.175. The molecule has 9 heteroatoms. The van der Waals surface area contributed by atoms with Crippen LogP contribution in [0.1, 0.15) is 35.2 Å². The molecule has 0 spiro atoms. The first-order valence-electron chi connectivity index (χ1n) is 9.77. The van der Waals surface area contributed by atoms with Crippen LogP contribution in [0.15, 0.2) is 36.5 Å². The van der Waals surface area contributed by atoms with Crippen LogP contribution in [0.4, 0.5) is 13.2 Å². The Hall–Kier alpha value is -2.94. The number of pyridine rings is 1. The second-order valence-corrected chi connectivity index (χ2v) is 7.35. The van der Waals surface area contributed by atoms with Gasteiger partial charge < -0.3 is 14.8 Å². The summed E-state index contributed by atoms with van der Waals surface area (Å²) in [6, 6.07) is 6.04. The van der Waals surface area contributed by atoms with E-state index in [1.807, 2.05) is 6.07 Å². The standard InChI is InChI=1S/C22H23F3N2O4/c1-30-12-18(21(29)31-2)27-20(28)15-10-14-4-3-5-17(19(14)26-11-15)13-6-8-16(9-7-13)22(23,24)25/h3-6,10-11,16,18H,7-9,12H2,1-2H3,(H,27,28)/t16?,18-/m1/s1. The number of carbonyl (C=O) groups excluding carboxylic acids is 2. The molecule has 3 rings (SSSR count). The minimum atomic E-state index is -4.19. The van der Waals surface area contributed by atoms with Crippen LogP contribution in [0, 0.1) is 5.92 Å². The van der Waals surface area contributed by atoms with Gasteiger partial charge >= 0.3 is 12.1 Å².